The predicted octanol–water partition coefficient (Wildman–Crippen LogP) is 6.28. The molecule has 6 nitrogen and oxygen atoms in total. The number of unbranched alkanes of at least 4 members (excludes halogenated alkanes) is 1. The summed E-state index contributed by atoms with van der Waals surface area (Å²) in [7, 11) is 1.93. The molecule has 0 spiro atoms. The van der Waals surface area contributed by atoms with Gasteiger partial charge in [0.25, 0.3) is 0 Å². The number of carbonyl (C=O) groups is 1. The number of ether oxygens (including phenoxy) is 1. The molecule has 0 fully saturated rings. The van der Waals surface area contributed by atoms with Crippen LogP contribution < -0.4 is 10.6 Å². The number of hydrogen-bond donors (Lipinski definition) is 2. The van der Waals surface area contributed by atoms with Gasteiger partial charge < -0.3 is 15.4 Å². The third-order valence-corrected chi connectivity index (χ3v) is 8.17. The number of alkyl halides is 3. The number of esters is 1. The molecule has 4 rings (SSSR count). The second-order valence-corrected chi connectivity index (χ2v) is 10.7. The van der Waals surface area contributed by atoms with Gasteiger partial charge in [0.1, 0.15) is 11.3 Å². The van der Waals surface area contributed by atoms with Crippen LogP contribution in [0.2, 0.25) is 5.28 Å². The van der Waals surface area contributed by atoms with Gasteiger partial charge in [-0.05, 0) is 49.4 Å². The van der Waals surface area contributed by atoms with Crippen molar-refractivity contribution < 1.29 is 22.7 Å². The summed E-state index contributed by atoms with van der Waals surface area (Å²) in [6.07, 6.45) is 1.46. The summed E-state index contributed by atoms with van der Waals surface area (Å²) in [6, 6.07) is 4.23. The summed E-state index contributed by atoms with van der Waals surface area (Å²) in [6.45, 7) is 0.237. The zero-order valence-electron chi connectivity index (χ0n) is 19.8. The molecule has 1 aliphatic carbocycles. The predicted molar refractivity (Wildman–Crippen MR) is 141 cm³/mol. The summed E-state index contributed by atoms with van der Waals surface area (Å²) in [5.41, 5.74) is 1.39. The Morgan fingerprint density at radius 1 is 1.30 bits per heavy atom. The van der Waals surface area contributed by atoms with Crippen molar-refractivity contribution in [3.8, 4) is 11.8 Å². The number of halogens is 4. The van der Waals surface area contributed by atoms with E-state index in [0.29, 0.717) is 17.9 Å². The van der Waals surface area contributed by atoms with Crippen LogP contribution in [0.25, 0.3) is 10.2 Å². The molecule has 12 heteroatoms. The zero-order valence-corrected chi connectivity index (χ0v) is 22.2. The Morgan fingerprint density at radius 2 is 2.11 bits per heavy atom. The van der Waals surface area contributed by atoms with Crippen molar-refractivity contribution in [1.29, 1.82) is 0 Å². The molecule has 0 saturated heterocycles. The maximum absolute atomic E-state index is 12.3. The molecule has 0 saturated carbocycles. The normalized spacial score (nSPS) is 17.4. The zero-order chi connectivity index (χ0) is 26.4. The van der Waals surface area contributed by atoms with E-state index in [0.717, 1.165) is 32.9 Å². The number of thiophene rings is 2. The van der Waals surface area contributed by atoms with Gasteiger partial charge in [-0.1, -0.05) is 30.1 Å². The maximum Gasteiger partial charge on any atom is 0.490 e. The van der Waals surface area contributed by atoms with Gasteiger partial charge in [0, 0.05) is 28.1 Å². The lowest BCUT2D eigenvalue weighted by Crippen LogP contribution is -2.33. The molecule has 3 aromatic rings. The van der Waals surface area contributed by atoms with Crippen molar-refractivity contribution in [1.82, 2.24) is 15.3 Å². The van der Waals surface area contributed by atoms with Gasteiger partial charge in [-0.3, -0.25) is 0 Å². The van der Waals surface area contributed by atoms with E-state index in [1.165, 1.54) is 0 Å². The van der Waals surface area contributed by atoms with Gasteiger partial charge in [0.05, 0.1) is 23.4 Å². The van der Waals surface area contributed by atoms with Crippen molar-refractivity contribution in [3.05, 3.63) is 50.3 Å². The monoisotopic (exact) mass is 568 g/mol. The van der Waals surface area contributed by atoms with Gasteiger partial charge in [-0.2, -0.15) is 18.2 Å². The quantitative estimate of drug-likeness (QED) is 0.110. The number of rotatable bonds is 8. The second-order valence-electron chi connectivity index (χ2n) is 8.28. The standard InChI is InChI=1S/C25H24ClF3N4O2S2/c1-30-18-11-5-4-9-16(18)20-17(10-3-2-6-12-35-23(34)25(27,28)29)19-21(37-20)22(33-24(26)32-19)31-14-15-8-7-13-36-15/h4-5,7-8,13,16,18,30H,2,6,9,11-12,14H2,1H3,(H,31,32,33)/t16-,18-/m1/s1. The van der Waals surface area contributed by atoms with Crippen molar-refractivity contribution in [2.24, 2.45) is 0 Å². The van der Waals surface area contributed by atoms with Crippen LogP contribution >= 0.6 is 34.3 Å². The summed E-state index contributed by atoms with van der Waals surface area (Å²) >= 11 is 9.53. The van der Waals surface area contributed by atoms with E-state index in [9.17, 15) is 18.0 Å². The molecule has 0 bridgehead atoms. The third kappa shape index (κ3) is 6.82. The second kappa shape index (κ2) is 12.3. The number of aromatic nitrogens is 2. The van der Waals surface area contributed by atoms with Crippen molar-refractivity contribution in [2.45, 2.75) is 50.4 Å². The Hall–Kier alpha value is -2.65. The summed E-state index contributed by atoms with van der Waals surface area (Å²) in [5.74, 6) is 4.82. The van der Waals surface area contributed by atoms with Gasteiger partial charge >= 0.3 is 12.1 Å². The van der Waals surface area contributed by atoms with Crippen LogP contribution in [0.15, 0.2) is 29.7 Å². The van der Waals surface area contributed by atoms with Gasteiger partial charge in [0.15, 0.2) is 0 Å². The number of nitrogens with one attached hydrogen (secondary N) is 2. The Labute approximate surface area is 225 Å². The first-order chi connectivity index (χ1) is 17.8. The average Bonchev–Trinajstić information content (AvgIpc) is 3.52. The largest absolute Gasteiger partial charge is 0.490 e. The van der Waals surface area contributed by atoms with Gasteiger partial charge in [-0.25, -0.2) is 9.78 Å². The van der Waals surface area contributed by atoms with Crippen LogP contribution in [-0.2, 0) is 16.1 Å². The fourth-order valence-electron chi connectivity index (χ4n) is 4.03. The van der Waals surface area contributed by atoms with E-state index < -0.39 is 12.1 Å². The van der Waals surface area contributed by atoms with Crippen LogP contribution in [0.5, 0.6) is 0 Å². The maximum atomic E-state index is 12.3. The van der Waals surface area contributed by atoms with Crippen LogP contribution in [0, 0.1) is 11.8 Å². The van der Waals surface area contributed by atoms with E-state index in [4.69, 9.17) is 11.6 Å². The number of carbonyl (C=O) groups excluding carboxylic acids is 1. The average molecular weight is 569 g/mol. The number of anilines is 1. The van der Waals surface area contributed by atoms with E-state index in [-0.39, 0.29) is 36.7 Å². The molecule has 0 aliphatic heterocycles. The molecule has 2 atom stereocenters. The Morgan fingerprint density at radius 3 is 2.84 bits per heavy atom. The van der Waals surface area contributed by atoms with E-state index in [1.807, 2.05) is 24.6 Å². The van der Waals surface area contributed by atoms with E-state index in [2.05, 4.69) is 49.3 Å². The van der Waals surface area contributed by atoms with Crippen molar-refractivity contribution >= 4 is 56.3 Å². The molecule has 0 aromatic carbocycles. The fourth-order valence-corrected chi connectivity index (χ4v) is 6.19. The van der Waals surface area contributed by atoms with Crippen LogP contribution in [-0.4, -0.2) is 41.8 Å². The van der Waals surface area contributed by atoms with Crippen LogP contribution in [0.1, 0.15) is 46.9 Å². The number of nitrogens with zero attached hydrogens (tertiary/aromatic N) is 2. The highest BCUT2D eigenvalue weighted by atomic mass is 35.5. The smallest absolute Gasteiger partial charge is 0.459 e. The van der Waals surface area contributed by atoms with Crippen molar-refractivity contribution in [2.75, 3.05) is 19.0 Å². The molecule has 2 N–H and O–H groups in total. The summed E-state index contributed by atoms with van der Waals surface area (Å²) < 4.78 is 42.0. The summed E-state index contributed by atoms with van der Waals surface area (Å²) in [4.78, 5) is 22.0. The number of allylic oxidation sites excluding steroid dienone is 1. The molecule has 0 unspecified atom stereocenters. The van der Waals surface area contributed by atoms with Crippen molar-refractivity contribution in [3.63, 3.8) is 0 Å². The van der Waals surface area contributed by atoms with E-state index in [1.54, 1.807) is 22.7 Å². The van der Waals surface area contributed by atoms with Crippen LogP contribution in [0.4, 0.5) is 19.0 Å². The highest BCUT2D eigenvalue weighted by Crippen LogP contribution is 2.42. The summed E-state index contributed by atoms with van der Waals surface area (Å²) in [5, 5.41) is 8.87. The van der Waals surface area contributed by atoms with Gasteiger partial charge in [0.2, 0.25) is 5.28 Å². The molecule has 37 heavy (non-hydrogen) atoms. The van der Waals surface area contributed by atoms with Gasteiger partial charge in [-0.15, -0.1) is 22.7 Å². The molecule has 0 amide bonds. The highest BCUT2D eigenvalue weighted by Gasteiger charge is 2.40. The minimum absolute atomic E-state index is 0.0985. The van der Waals surface area contributed by atoms with E-state index >= 15 is 0 Å². The highest BCUT2D eigenvalue weighted by molar-refractivity contribution is 7.20. The first-order valence-corrected chi connectivity index (χ1v) is 13.7. The molecule has 3 aromatic heterocycles. The molecule has 3 heterocycles. The lowest BCUT2D eigenvalue weighted by atomic mass is 9.86. The molecular formula is C25H24ClF3N4O2S2. The lowest BCUT2D eigenvalue weighted by Gasteiger charge is -2.27. The Balaban J connectivity index is 1.63. The number of likely N-dealkylation sites (N-methyl/N-ethyl adjacent to an activating group) is 1. The first kappa shape index (κ1) is 27.4. The molecule has 0 radical (unpaired) electrons. The Bertz CT molecular complexity index is 1330. The minimum atomic E-state index is -5.00. The molecular weight excluding hydrogens is 545 g/mol. The third-order valence-electron chi connectivity index (χ3n) is 5.81. The number of hydrogen-bond acceptors (Lipinski definition) is 8. The first-order valence-electron chi connectivity index (χ1n) is 11.6. The minimum Gasteiger partial charge on any atom is -0.459 e. The SMILES string of the molecule is CN[C@@H]1CC=CC[C@H]1c1sc2c(NCc3cccs3)nc(Cl)nc2c1C#CCCCOC(=O)C(F)(F)F. The molecule has 196 valence electrons. The topological polar surface area (TPSA) is 76.1 Å². The van der Waals surface area contributed by atoms with Crippen LogP contribution in [0.3, 0.4) is 0 Å². The fraction of sp³-hybridized carbons (Fsp3) is 0.400. The number of fused-ring (bicyclic) bond motifs is 1. The lowest BCUT2D eigenvalue weighted by molar-refractivity contribution is -0.199. The Kier molecular flexibility index (Phi) is 9.08. The molecule has 1 aliphatic rings.